The fourth-order valence-electron chi connectivity index (χ4n) is 1.49. The van der Waals surface area contributed by atoms with Crippen molar-refractivity contribution in [3.63, 3.8) is 0 Å². The van der Waals surface area contributed by atoms with Crippen molar-refractivity contribution in [2.24, 2.45) is 0 Å². The highest BCUT2D eigenvalue weighted by Gasteiger charge is 1.98. The van der Waals surface area contributed by atoms with Gasteiger partial charge in [-0.15, -0.1) is 0 Å². The van der Waals surface area contributed by atoms with Gasteiger partial charge in [-0.3, -0.25) is 0 Å². The summed E-state index contributed by atoms with van der Waals surface area (Å²) in [6.07, 6.45) is 1.87. The first-order valence-electron chi connectivity index (χ1n) is 4.02. The number of fused-ring (bicyclic) bond motifs is 1. The summed E-state index contributed by atoms with van der Waals surface area (Å²) >= 11 is 0. The number of para-hydroxylation sites is 1. The lowest BCUT2D eigenvalue weighted by molar-refractivity contribution is 1.30. The summed E-state index contributed by atoms with van der Waals surface area (Å²) < 4.78 is 0. The Morgan fingerprint density at radius 3 is 3.00 bits per heavy atom. The zero-order valence-corrected chi connectivity index (χ0v) is 7.09. The molecule has 0 atom stereocenters. The number of nitrogens with one attached hydrogen (secondary N) is 1. The highest BCUT2D eigenvalue weighted by atomic mass is 14.7. The lowest BCUT2D eigenvalue weighted by Crippen LogP contribution is -1.74. The predicted molar refractivity (Wildman–Crippen MR) is 53.1 cm³/mol. The largest absolute Gasteiger partial charge is 0.358 e. The Morgan fingerprint density at radius 2 is 2.25 bits per heavy atom. The van der Waals surface area contributed by atoms with Gasteiger partial charge in [-0.2, -0.15) is 0 Å². The third-order valence-electron chi connectivity index (χ3n) is 2.04. The minimum absolute atomic E-state index is 1.17. The molecule has 1 N–H and O–H groups in total. The smallest absolute Gasteiger partial charge is 0.0529 e. The molecule has 12 heavy (non-hydrogen) atoms. The summed E-state index contributed by atoms with van der Waals surface area (Å²) in [5, 5.41) is 1.25. The molecule has 0 unspecified atom stereocenters. The van der Waals surface area contributed by atoms with E-state index >= 15 is 0 Å². The molecule has 0 saturated carbocycles. The number of hydrogen-bond donors (Lipinski definition) is 1. The maximum Gasteiger partial charge on any atom is 0.0529 e. The molecular weight excluding hydrogens is 146 g/mol. The zero-order valence-electron chi connectivity index (χ0n) is 7.09. The Kier molecular flexibility index (Phi) is 1.51. The molecule has 1 nitrogen and oxygen atoms in total. The van der Waals surface area contributed by atoms with E-state index in [0.29, 0.717) is 0 Å². The summed E-state index contributed by atoms with van der Waals surface area (Å²) in [5.74, 6) is 0. The van der Waals surface area contributed by atoms with Crippen molar-refractivity contribution < 1.29 is 0 Å². The second kappa shape index (κ2) is 2.52. The van der Waals surface area contributed by atoms with Crippen molar-refractivity contribution in [1.29, 1.82) is 0 Å². The topological polar surface area (TPSA) is 15.8 Å². The fourth-order valence-corrected chi connectivity index (χ4v) is 1.49. The molecule has 1 aromatic carbocycles. The first-order valence-corrected chi connectivity index (χ1v) is 4.02. The summed E-state index contributed by atoms with van der Waals surface area (Å²) in [7, 11) is 0. The molecule has 0 fully saturated rings. The third kappa shape index (κ3) is 0.944. The lowest BCUT2D eigenvalue weighted by atomic mass is 10.1. The molecule has 2 rings (SSSR count). The average Bonchev–Trinajstić information content (AvgIpc) is 2.44. The van der Waals surface area contributed by atoms with Crippen LogP contribution in [0, 0.1) is 6.92 Å². The van der Waals surface area contributed by atoms with Crippen LogP contribution in [0.15, 0.2) is 30.8 Å². The standard InChI is InChI=1S/C11H11N/c1-3-9-5-4-6-10-7-8(2)12-11(9)10/h3-7,12H,1H2,2H3. The van der Waals surface area contributed by atoms with E-state index in [2.05, 4.69) is 36.7 Å². The summed E-state index contributed by atoms with van der Waals surface area (Å²) in [6.45, 7) is 5.83. The Hall–Kier alpha value is -1.50. The molecule has 60 valence electrons. The summed E-state index contributed by atoms with van der Waals surface area (Å²) in [5.41, 5.74) is 3.55. The van der Waals surface area contributed by atoms with Crippen LogP contribution in [0.5, 0.6) is 0 Å². The van der Waals surface area contributed by atoms with E-state index in [1.54, 1.807) is 0 Å². The van der Waals surface area contributed by atoms with E-state index in [-0.39, 0.29) is 0 Å². The maximum absolute atomic E-state index is 3.77. The second-order valence-electron chi connectivity index (χ2n) is 2.97. The molecule has 0 bridgehead atoms. The molecule has 0 radical (unpaired) electrons. The number of H-pyrrole nitrogens is 1. The number of hydrogen-bond acceptors (Lipinski definition) is 0. The Balaban J connectivity index is 2.86. The minimum atomic E-state index is 1.17. The van der Waals surface area contributed by atoms with Gasteiger partial charge in [0.25, 0.3) is 0 Å². The first-order chi connectivity index (χ1) is 5.81. The number of benzene rings is 1. The number of aromatic nitrogens is 1. The van der Waals surface area contributed by atoms with Crippen LogP contribution in [-0.4, -0.2) is 4.98 Å². The molecule has 0 aliphatic heterocycles. The molecule has 1 aromatic heterocycles. The van der Waals surface area contributed by atoms with Gasteiger partial charge in [0.2, 0.25) is 0 Å². The summed E-state index contributed by atoms with van der Waals surface area (Å²) in [4.78, 5) is 3.31. The minimum Gasteiger partial charge on any atom is -0.358 e. The first kappa shape index (κ1) is 7.17. The molecule has 0 aliphatic rings. The molecule has 1 heteroatoms. The van der Waals surface area contributed by atoms with E-state index in [0.717, 1.165) is 0 Å². The molecule has 0 amide bonds. The van der Waals surface area contributed by atoms with Crippen LogP contribution < -0.4 is 0 Å². The van der Waals surface area contributed by atoms with Gasteiger partial charge in [-0.1, -0.05) is 30.9 Å². The van der Waals surface area contributed by atoms with Crippen molar-refractivity contribution in [1.82, 2.24) is 4.98 Å². The second-order valence-corrected chi connectivity index (χ2v) is 2.97. The Labute approximate surface area is 71.7 Å². The number of aryl methyl sites for hydroxylation is 1. The molecule has 0 spiro atoms. The van der Waals surface area contributed by atoms with Crippen molar-refractivity contribution in [2.75, 3.05) is 0 Å². The van der Waals surface area contributed by atoms with Gasteiger partial charge in [-0.25, -0.2) is 0 Å². The third-order valence-corrected chi connectivity index (χ3v) is 2.04. The molecule has 2 aromatic rings. The van der Waals surface area contributed by atoms with Gasteiger partial charge >= 0.3 is 0 Å². The van der Waals surface area contributed by atoms with Gasteiger partial charge in [0, 0.05) is 11.1 Å². The molecule has 0 saturated heterocycles. The SMILES string of the molecule is C=Cc1cccc2cc(C)[nH]c12. The zero-order chi connectivity index (χ0) is 8.55. The van der Waals surface area contributed by atoms with Crippen LogP contribution in [-0.2, 0) is 0 Å². The quantitative estimate of drug-likeness (QED) is 0.654. The van der Waals surface area contributed by atoms with Gasteiger partial charge in [-0.05, 0) is 18.6 Å². The van der Waals surface area contributed by atoms with Crippen LogP contribution >= 0.6 is 0 Å². The average molecular weight is 157 g/mol. The van der Waals surface area contributed by atoms with Crippen molar-refractivity contribution in [2.45, 2.75) is 6.92 Å². The Morgan fingerprint density at radius 1 is 1.42 bits per heavy atom. The highest BCUT2D eigenvalue weighted by molar-refractivity contribution is 5.88. The predicted octanol–water partition coefficient (Wildman–Crippen LogP) is 3.12. The van der Waals surface area contributed by atoms with Crippen LogP contribution in [0.3, 0.4) is 0 Å². The van der Waals surface area contributed by atoms with Crippen molar-refractivity contribution in [3.05, 3.63) is 42.1 Å². The van der Waals surface area contributed by atoms with E-state index in [4.69, 9.17) is 0 Å². The van der Waals surface area contributed by atoms with Gasteiger partial charge in [0.1, 0.15) is 0 Å². The van der Waals surface area contributed by atoms with Crippen LogP contribution in [0.25, 0.3) is 17.0 Å². The van der Waals surface area contributed by atoms with Gasteiger partial charge < -0.3 is 4.98 Å². The monoisotopic (exact) mass is 157 g/mol. The summed E-state index contributed by atoms with van der Waals surface area (Å²) in [6, 6.07) is 8.35. The van der Waals surface area contributed by atoms with Crippen LogP contribution in [0.2, 0.25) is 0 Å². The fraction of sp³-hybridized carbons (Fsp3) is 0.0909. The molecule has 0 aliphatic carbocycles. The normalized spacial score (nSPS) is 10.4. The maximum atomic E-state index is 3.77. The molecule has 1 heterocycles. The van der Waals surface area contributed by atoms with Gasteiger partial charge in [0.15, 0.2) is 0 Å². The van der Waals surface area contributed by atoms with E-state index in [1.807, 2.05) is 12.1 Å². The number of rotatable bonds is 1. The lowest BCUT2D eigenvalue weighted by Gasteiger charge is -1.94. The highest BCUT2D eigenvalue weighted by Crippen LogP contribution is 2.19. The van der Waals surface area contributed by atoms with E-state index < -0.39 is 0 Å². The van der Waals surface area contributed by atoms with Gasteiger partial charge in [0.05, 0.1) is 5.52 Å². The van der Waals surface area contributed by atoms with Crippen LogP contribution in [0.4, 0.5) is 0 Å². The van der Waals surface area contributed by atoms with E-state index in [1.165, 1.54) is 22.2 Å². The molecular formula is C11H11N. The van der Waals surface area contributed by atoms with Crippen molar-refractivity contribution in [3.8, 4) is 0 Å². The Bertz CT molecular complexity index is 423. The van der Waals surface area contributed by atoms with E-state index in [9.17, 15) is 0 Å². The van der Waals surface area contributed by atoms with Crippen molar-refractivity contribution >= 4 is 17.0 Å². The van der Waals surface area contributed by atoms with Crippen LogP contribution in [0.1, 0.15) is 11.3 Å². The number of aromatic amines is 1.